The lowest BCUT2D eigenvalue weighted by Crippen LogP contribution is -2.38. The molecule has 4 N–H and O–H groups in total. The number of rotatable bonds is 10. The lowest BCUT2D eigenvalue weighted by atomic mass is 9.99. The number of hydrogen-bond acceptors (Lipinski definition) is 4. The van der Waals surface area contributed by atoms with Gasteiger partial charge in [0.1, 0.15) is 12.4 Å². The first-order valence-electron chi connectivity index (χ1n) is 8.65. The quantitative estimate of drug-likeness (QED) is 0.567. The average molecular weight is 338 g/mol. The molecule has 7 nitrogen and oxygen atoms in total. The molecule has 1 aromatic rings. The van der Waals surface area contributed by atoms with E-state index in [1.54, 1.807) is 0 Å². The zero-order valence-electron chi connectivity index (χ0n) is 14.9. The Morgan fingerprint density at radius 2 is 2.08 bits per heavy atom. The highest BCUT2D eigenvalue weighted by Crippen LogP contribution is 2.12. The Bertz CT molecular complexity index is 528. The van der Waals surface area contributed by atoms with E-state index in [4.69, 9.17) is 10.8 Å². The van der Waals surface area contributed by atoms with Crippen molar-refractivity contribution in [3.05, 3.63) is 18.2 Å². The summed E-state index contributed by atoms with van der Waals surface area (Å²) >= 11 is 0. The van der Waals surface area contributed by atoms with Crippen LogP contribution >= 0.6 is 0 Å². The van der Waals surface area contributed by atoms with Gasteiger partial charge in [0.2, 0.25) is 0 Å². The summed E-state index contributed by atoms with van der Waals surface area (Å²) in [4.78, 5) is 27.2. The number of nitrogens with zero attached hydrogens (tertiary/aromatic N) is 2. The predicted molar refractivity (Wildman–Crippen MR) is 92.9 cm³/mol. The van der Waals surface area contributed by atoms with E-state index in [0.717, 1.165) is 32.1 Å². The van der Waals surface area contributed by atoms with Gasteiger partial charge in [-0.2, -0.15) is 0 Å². The van der Waals surface area contributed by atoms with Gasteiger partial charge < -0.3 is 16.2 Å². The number of aromatic nitrogens is 2. The van der Waals surface area contributed by atoms with Gasteiger partial charge in [-0.05, 0) is 18.8 Å². The second-order valence-corrected chi connectivity index (χ2v) is 6.69. The van der Waals surface area contributed by atoms with E-state index in [0.29, 0.717) is 11.6 Å². The van der Waals surface area contributed by atoms with E-state index < -0.39 is 12.0 Å². The molecule has 7 heteroatoms. The summed E-state index contributed by atoms with van der Waals surface area (Å²) in [7, 11) is 0. The molecule has 1 heterocycles. The topological polar surface area (TPSA) is 110 Å². The molecule has 0 saturated heterocycles. The summed E-state index contributed by atoms with van der Waals surface area (Å²) in [6.07, 6.45) is 8.33. The van der Waals surface area contributed by atoms with Crippen molar-refractivity contribution < 1.29 is 14.7 Å². The first-order chi connectivity index (χ1) is 11.3. The largest absolute Gasteiger partial charge is 0.480 e. The Balaban J connectivity index is 2.63. The minimum absolute atomic E-state index is 0.0987. The van der Waals surface area contributed by atoms with Crippen LogP contribution in [-0.4, -0.2) is 38.7 Å². The maximum Gasteiger partial charge on any atom is 0.327 e. The molecule has 0 spiro atoms. The number of amides is 1. The number of unbranched alkanes of at least 4 members (excludes halogenated alkanes) is 2. The molecule has 24 heavy (non-hydrogen) atoms. The van der Waals surface area contributed by atoms with Crippen molar-refractivity contribution in [2.45, 2.75) is 71.4 Å². The normalized spacial score (nSPS) is 13.7. The van der Waals surface area contributed by atoms with Gasteiger partial charge in [0.05, 0.1) is 5.69 Å². The summed E-state index contributed by atoms with van der Waals surface area (Å²) in [5.41, 5.74) is 5.98. The monoisotopic (exact) mass is 338 g/mol. The smallest absolute Gasteiger partial charge is 0.327 e. The number of carboxylic acids is 1. The summed E-state index contributed by atoms with van der Waals surface area (Å²) in [6.45, 7) is 6.44. The van der Waals surface area contributed by atoms with Gasteiger partial charge in [0.25, 0.3) is 0 Å². The number of aliphatic carboxylic acids is 1. The first-order valence-corrected chi connectivity index (χ1v) is 8.65. The fourth-order valence-corrected chi connectivity index (χ4v) is 2.60. The predicted octanol–water partition coefficient (Wildman–Crippen LogP) is 2.39. The average Bonchev–Trinajstić information content (AvgIpc) is 2.95. The number of hydrogen-bond donors (Lipinski definition) is 3. The van der Waals surface area contributed by atoms with Crippen LogP contribution in [0.15, 0.2) is 12.5 Å². The Labute approximate surface area is 143 Å². The molecule has 1 amide bonds. The Morgan fingerprint density at radius 1 is 1.38 bits per heavy atom. The van der Waals surface area contributed by atoms with E-state index >= 15 is 0 Å². The first kappa shape index (κ1) is 20.2. The summed E-state index contributed by atoms with van der Waals surface area (Å²) in [6, 6.07) is -1.12. The number of imidazole rings is 1. The number of nitrogens with one attached hydrogen (secondary N) is 1. The van der Waals surface area contributed by atoms with Crippen molar-refractivity contribution in [3.63, 3.8) is 0 Å². The number of nitrogens with two attached hydrogens (primary N) is 1. The SMILES string of the molecule is CCCCCC(CC(C)C)NC(=O)n1cnc(C[C@H](N)C(=O)O)c1. The van der Waals surface area contributed by atoms with Crippen molar-refractivity contribution in [1.29, 1.82) is 0 Å². The van der Waals surface area contributed by atoms with E-state index in [1.807, 2.05) is 0 Å². The third-order valence-corrected chi connectivity index (χ3v) is 3.86. The lowest BCUT2D eigenvalue weighted by molar-refractivity contribution is -0.138. The maximum atomic E-state index is 12.4. The summed E-state index contributed by atoms with van der Waals surface area (Å²) in [5.74, 6) is -0.578. The summed E-state index contributed by atoms with van der Waals surface area (Å²) in [5, 5.41) is 11.9. The molecule has 1 aromatic heterocycles. The van der Waals surface area contributed by atoms with Crippen LogP contribution in [0, 0.1) is 5.92 Å². The lowest BCUT2D eigenvalue weighted by Gasteiger charge is -2.20. The molecule has 0 radical (unpaired) electrons. The van der Waals surface area contributed by atoms with Crippen molar-refractivity contribution >= 4 is 12.0 Å². The van der Waals surface area contributed by atoms with Crippen molar-refractivity contribution in [3.8, 4) is 0 Å². The van der Waals surface area contributed by atoms with Crippen LogP contribution in [0.2, 0.25) is 0 Å². The standard InChI is InChI=1S/C17H30N4O3/c1-4-5-6-7-13(8-12(2)3)20-17(24)21-10-14(19-11-21)9-15(18)16(22)23/h10-13,15H,4-9,18H2,1-3H3,(H,20,24)(H,22,23)/t13?,15-/m0/s1. The second kappa shape index (κ2) is 10.1. The van der Waals surface area contributed by atoms with Crippen molar-refractivity contribution in [1.82, 2.24) is 14.9 Å². The molecule has 0 fully saturated rings. The fourth-order valence-electron chi connectivity index (χ4n) is 2.60. The Hall–Kier alpha value is -1.89. The third-order valence-electron chi connectivity index (χ3n) is 3.86. The Morgan fingerprint density at radius 3 is 2.67 bits per heavy atom. The van der Waals surface area contributed by atoms with Gasteiger partial charge in [-0.3, -0.25) is 9.36 Å². The van der Waals surface area contributed by atoms with Crippen LogP contribution in [0.4, 0.5) is 4.79 Å². The molecule has 0 bridgehead atoms. The summed E-state index contributed by atoms with van der Waals surface area (Å²) < 4.78 is 1.36. The van der Waals surface area contributed by atoms with Gasteiger partial charge in [0, 0.05) is 18.7 Å². The van der Waals surface area contributed by atoms with Crippen LogP contribution in [0.1, 0.15) is 58.6 Å². The van der Waals surface area contributed by atoms with Crippen molar-refractivity contribution in [2.75, 3.05) is 0 Å². The molecular weight excluding hydrogens is 308 g/mol. The number of carboxylic acid groups (broad SMARTS) is 1. The molecule has 0 aliphatic rings. The van der Waals surface area contributed by atoms with Gasteiger partial charge in [-0.1, -0.05) is 40.0 Å². The van der Waals surface area contributed by atoms with Crippen LogP contribution < -0.4 is 11.1 Å². The minimum atomic E-state index is -1.08. The second-order valence-electron chi connectivity index (χ2n) is 6.69. The molecule has 0 saturated carbocycles. The van der Waals surface area contributed by atoms with Crippen molar-refractivity contribution in [2.24, 2.45) is 11.7 Å². The zero-order valence-corrected chi connectivity index (χ0v) is 14.9. The van der Waals surface area contributed by atoms with Crippen LogP contribution in [0.5, 0.6) is 0 Å². The van der Waals surface area contributed by atoms with E-state index in [-0.39, 0.29) is 18.5 Å². The Kier molecular flexibility index (Phi) is 8.46. The molecule has 1 rings (SSSR count). The van der Waals surface area contributed by atoms with Gasteiger partial charge in [-0.25, -0.2) is 9.78 Å². The third kappa shape index (κ3) is 7.12. The van der Waals surface area contributed by atoms with Crippen LogP contribution in [0.3, 0.4) is 0 Å². The number of carbonyl (C=O) groups is 2. The molecule has 0 aromatic carbocycles. The van der Waals surface area contributed by atoms with Crippen LogP contribution in [-0.2, 0) is 11.2 Å². The highest BCUT2D eigenvalue weighted by Gasteiger charge is 2.17. The maximum absolute atomic E-state index is 12.4. The molecule has 0 aliphatic carbocycles. The van der Waals surface area contributed by atoms with Crippen LogP contribution in [0.25, 0.3) is 0 Å². The van der Waals surface area contributed by atoms with E-state index in [1.165, 1.54) is 17.1 Å². The minimum Gasteiger partial charge on any atom is -0.480 e. The molecule has 136 valence electrons. The molecule has 2 atom stereocenters. The number of carbonyl (C=O) groups excluding carboxylic acids is 1. The molecule has 1 unspecified atom stereocenters. The molecule has 0 aliphatic heterocycles. The van der Waals surface area contributed by atoms with E-state index in [2.05, 4.69) is 31.1 Å². The highest BCUT2D eigenvalue weighted by molar-refractivity contribution is 5.77. The van der Waals surface area contributed by atoms with E-state index in [9.17, 15) is 9.59 Å². The van der Waals surface area contributed by atoms with Gasteiger partial charge in [0.15, 0.2) is 0 Å². The molecular formula is C17H30N4O3. The fraction of sp³-hybridized carbons (Fsp3) is 0.706. The highest BCUT2D eigenvalue weighted by atomic mass is 16.4. The zero-order chi connectivity index (χ0) is 18.1. The van der Waals surface area contributed by atoms with Gasteiger partial charge in [-0.15, -0.1) is 0 Å². The van der Waals surface area contributed by atoms with Gasteiger partial charge >= 0.3 is 12.0 Å².